The molecule has 0 amide bonds. The molecule has 0 N–H and O–H groups in total. The molecule has 17 heavy (non-hydrogen) atoms. The van der Waals surface area contributed by atoms with Gasteiger partial charge in [-0.25, -0.2) is 0 Å². The van der Waals surface area contributed by atoms with E-state index in [4.69, 9.17) is 0 Å². The summed E-state index contributed by atoms with van der Waals surface area (Å²) in [6.45, 7) is 6.52. The van der Waals surface area contributed by atoms with E-state index in [1.807, 2.05) is 18.2 Å². The molecule has 0 aliphatic rings. The van der Waals surface area contributed by atoms with Gasteiger partial charge in [-0.1, -0.05) is 45.4 Å². The average Bonchev–Trinajstić information content (AvgIpc) is 2.29. The topological polar surface area (TPSA) is 17.1 Å². The summed E-state index contributed by atoms with van der Waals surface area (Å²) in [5.41, 5.74) is 2.14. The van der Waals surface area contributed by atoms with Crippen molar-refractivity contribution in [2.45, 2.75) is 33.6 Å². The zero-order valence-electron chi connectivity index (χ0n) is 11.0. The predicted octanol–water partition coefficient (Wildman–Crippen LogP) is 4.21. The third-order valence-electron chi connectivity index (χ3n) is 2.47. The minimum Gasteiger partial charge on any atom is -0.293 e. The number of thioether (sulfide) groups is 1. The first-order valence-corrected chi connectivity index (χ1v) is 7.48. The molecule has 94 valence electrons. The molecular weight excluding hydrogens is 228 g/mol. The first-order valence-electron chi connectivity index (χ1n) is 6.33. The summed E-state index contributed by atoms with van der Waals surface area (Å²) in [6, 6.07) is 8.06. The Kier molecular flexibility index (Phi) is 6.35. The molecule has 1 aromatic rings. The van der Waals surface area contributed by atoms with E-state index in [1.54, 1.807) is 11.8 Å². The van der Waals surface area contributed by atoms with Gasteiger partial charge in [0.1, 0.15) is 0 Å². The highest BCUT2D eigenvalue weighted by atomic mass is 32.2. The van der Waals surface area contributed by atoms with Crippen molar-refractivity contribution in [3.8, 4) is 0 Å². The van der Waals surface area contributed by atoms with Crippen LogP contribution < -0.4 is 0 Å². The second-order valence-corrected chi connectivity index (χ2v) is 5.81. The van der Waals surface area contributed by atoms with E-state index < -0.39 is 0 Å². The minimum absolute atomic E-state index is 0.258. The monoisotopic (exact) mass is 250 g/mol. The quantitative estimate of drug-likeness (QED) is 0.674. The number of aryl methyl sites for hydroxylation is 1. The van der Waals surface area contributed by atoms with E-state index in [1.165, 1.54) is 5.56 Å². The summed E-state index contributed by atoms with van der Waals surface area (Å²) in [4.78, 5) is 12.0. The number of Topliss-reactive ketones (excluding diaryl/α,β-unsaturated/α-hetero) is 1. The van der Waals surface area contributed by atoms with Gasteiger partial charge in [0, 0.05) is 5.56 Å². The fourth-order valence-electron chi connectivity index (χ4n) is 1.66. The number of carbonyl (C=O) groups is 1. The molecule has 0 unspecified atom stereocenters. The molecule has 0 aliphatic carbocycles. The molecule has 0 saturated carbocycles. The fourth-order valence-corrected chi connectivity index (χ4v) is 2.60. The van der Waals surface area contributed by atoms with Crippen LogP contribution in [-0.4, -0.2) is 17.3 Å². The number of hydrogen-bond acceptors (Lipinski definition) is 2. The highest BCUT2D eigenvalue weighted by molar-refractivity contribution is 7.99. The summed E-state index contributed by atoms with van der Waals surface area (Å²) in [7, 11) is 0. The number of ketones is 1. The Bertz CT molecular complexity index is 358. The van der Waals surface area contributed by atoms with E-state index in [2.05, 4.69) is 26.8 Å². The molecular formula is C15H22OS. The molecule has 0 aliphatic heterocycles. The van der Waals surface area contributed by atoms with Crippen LogP contribution in [0.15, 0.2) is 24.3 Å². The van der Waals surface area contributed by atoms with Crippen molar-refractivity contribution in [3.63, 3.8) is 0 Å². The molecule has 0 radical (unpaired) electrons. The largest absolute Gasteiger partial charge is 0.293 e. The molecule has 0 saturated heterocycles. The lowest BCUT2D eigenvalue weighted by molar-refractivity contribution is 0.102. The summed E-state index contributed by atoms with van der Waals surface area (Å²) in [5.74, 6) is 2.57. The predicted molar refractivity (Wildman–Crippen MR) is 76.9 cm³/mol. The lowest BCUT2D eigenvalue weighted by atomic mass is 10.1. The number of rotatable bonds is 7. The molecule has 0 bridgehead atoms. The van der Waals surface area contributed by atoms with Gasteiger partial charge in [0.05, 0.1) is 5.75 Å². The van der Waals surface area contributed by atoms with Gasteiger partial charge in [0.2, 0.25) is 0 Å². The highest BCUT2D eigenvalue weighted by Crippen LogP contribution is 2.13. The van der Waals surface area contributed by atoms with Crippen LogP contribution in [-0.2, 0) is 6.42 Å². The van der Waals surface area contributed by atoms with Crippen molar-refractivity contribution in [1.29, 1.82) is 0 Å². The van der Waals surface area contributed by atoms with Crippen molar-refractivity contribution in [3.05, 3.63) is 35.4 Å². The van der Waals surface area contributed by atoms with Crippen molar-refractivity contribution in [2.75, 3.05) is 11.5 Å². The Labute approximate surface area is 109 Å². The summed E-state index contributed by atoms with van der Waals surface area (Å²) >= 11 is 1.73. The third-order valence-corrected chi connectivity index (χ3v) is 3.84. The van der Waals surface area contributed by atoms with Crippen LogP contribution in [0.1, 0.15) is 43.1 Å². The van der Waals surface area contributed by atoms with Crippen LogP contribution in [0.25, 0.3) is 0 Å². The Morgan fingerprint density at radius 3 is 2.76 bits per heavy atom. The average molecular weight is 250 g/mol. The first-order chi connectivity index (χ1) is 8.13. The van der Waals surface area contributed by atoms with Gasteiger partial charge in [-0.3, -0.25) is 4.79 Å². The fraction of sp³-hybridized carbons (Fsp3) is 0.533. The highest BCUT2D eigenvalue weighted by Gasteiger charge is 2.07. The van der Waals surface area contributed by atoms with Crippen molar-refractivity contribution < 1.29 is 4.79 Å². The van der Waals surface area contributed by atoms with Gasteiger partial charge in [-0.05, 0) is 29.7 Å². The lowest BCUT2D eigenvalue weighted by Crippen LogP contribution is -2.05. The van der Waals surface area contributed by atoms with E-state index in [0.717, 1.165) is 24.2 Å². The maximum Gasteiger partial charge on any atom is 0.172 e. The molecule has 1 nitrogen and oxygen atoms in total. The summed E-state index contributed by atoms with van der Waals surface area (Å²) in [5, 5.41) is 0. The summed E-state index contributed by atoms with van der Waals surface area (Å²) < 4.78 is 0. The second-order valence-electron chi connectivity index (χ2n) is 4.78. The lowest BCUT2D eigenvalue weighted by Gasteiger charge is -2.05. The molecule has 0 fully saturated rings. The normalized spacial score (nSPS) is 10.8. The van der Waals surface area contributed by atoms with E-state index in [9.17, 15) is 4.79 Å². The number of carbonyl (C=O) groups excluding carboxylic acids is 1. The molecule has 0 aromatic heterocycles. The second kappa shape index (κ2) is 7.54. The van der Waals surface area contributed by atoms with Gasteiger partial charge < -0.3 is 0 Å². The maximum absolute atomic E-state index is 12.0. The van der Waals surface area contributed by atoms with Gasteiger partial charge in [0.25, 0.3) is 0 Å². The van der Waals surface area contributed by atoms with Crippen LogP contribution >= 0.6 is 11.8 Å². The number of hydrogen-bond donors (Lipinski definition) is 0. The van der Waals surface area contributed by atoms with Crippen LogP contribution in [0.5, 0.6) is 0 Å². The van der Waals surface area contributed by atoms with Gasteiger partial charge in [-0.2, -0.15) is 11.8 Å². The third kappa shape index (κ3) is 5.40. The van der Waals surface area contributed by atoms with Crippen LogP contribution in [0, 0.1) is 5.92 Å². The SMILES string of the molecule is CCCc1cccc(C(=O)CSCC(C)C)c1. The zero-order chi connectivity index (χ0) is 12.7. The molecule has 1 rings (SSSR count). The summed E-state index contributed by atoms with van der Waals surface area (Å²) in [6.07, 6.45) is 2.18. The maximum atomic E-state index is 12.0. The smallest absolute Gasteiger partial charge is 0.172 e. The molecule has 0 atom stereocenters. The van der Waals surface area contributed by atoms with Crippen molar-refractivity contribution in [1.82, 2.24) is 0 Å². The minimum atomic E-state index is 0.258. The van der Waals surface area contributed by atoms with E-state index >= 15 is 0 Å². The first kappa shape index (κ1) is 14.3. The van der Waals surface area contributed by atoms with Gasteiger partial charge >= 0.3 is 0 Å². The van der Waals surface area contributed by atoms with Crippen LogP contribution in [0.2, 0.25) is 0 Å². The molecule has 1 aromatic carbocycles. The van der Waals surface area contributed by atoms with Crippen LogP contribution in [0.3, 0.4) is 0 Å². The van der Waals surface area contributed by atoms with E-state index in [0.29, 0.717) is 11.7 Å². The van der Waals surface area contributed by atoms with Crippen molar-refractivity contribution >= 4 is 17.5 Å². The Hall–Kier alpha value is -0.760. The van der Waals surface area contributed by atoms with Crippen LogP contribution in [0.4, 0.5) is 0 Å². The molecule has 0 spiro atoms. The Balaban J connectivity index is 2.53. The van der Waals surface area contributed by atoms with Gasteiger partial charge in [-0.15, -0.1) is 0 Å². The standard InChI is InChI=1S/C15H22OS/c1-4-6-13-7-5-8-14(9-13)15(16)11-17-10-12(2)3/h5,7-9,12H,4,6,10-11H2,1-3H3. The zero-order valence-corrected chi connectivity index (χ0v) is 11.8. The van der Waals surface area contributed by atoms with Gasteiger partial charge in [0.15, 0.2) is 5.78 Å². The Morgan fingerprint density at radius 1 is 1.35 bits per heavy atom. The molecule has 0 heterocycles. The number of benzene rings is 1. The van der Waals surface area contributed by atoms with E-state index in [-0.39, 0.29) is 5.78 Å². The van der Waals surface area contributed by atoms with Crippen molar-refractivity contribution in [2.24, 2.45) is 5.92 Å². The molecule has 2 heteroatoms. The Morgan fingerprint density at radius 2 is 2.12 bits per heavy atom.